The van der Waals surface area contributed by atoms with Gasteiger partial charge in [-0.2, -0.15) is 4.31 Å². The highest BCUT2D eigenvalue weighted by atomic mass is 35.5. The van der Waals surface area contributed by atoms with E-state index in [0.29, 0.717) is 37.0 Å². The first-order valence-electron chi connectivity index (χ1n) is 10.2. The van der Waals surface area contributed by atoms with E-state index in [9.17, 15) is 13.2 Å². The summed E-state index contributed by atoms with van der Waals surface area (Å²) in [6.07, 6.45) is 0. The van der Waals surface area contributed by atoms with E-state index in [2.05, 4.69) is 5.32 Å². The smallest absolute Gasteiger partial charge is 0.255 e. The molecule has 0 spiro atoms. The fourth-order valence-corrected chi connectivity index (χ4v) is 5.22. The lowest BCUT2D eigenvalue weighted by Crippen LogP contribution is -2.40. The number of carbonyl (C=O) groups is 1. The molecule has 0 bridgehead atoms. The molecule has 1 amide bonds. The molecule has 1 aliphatic rings. The number of hydrogen-bond acceptors (Lipinski definition) is 4. The molecule has 0 aliphatic carbocycles. The minimum Gasteiger partial charge on any atom is -0.379 e. The third-order valence-corrected chi connectivity index (χ3v) is 7.47. The number of nitrogens with one attached hydrogen (secondary N) is 1. The van der Waals surface area contributed by atoms with Gasteiger partial charge < -0.3 is 10.1 Å². The Morgan fingerprint density at radius 1 is 0.969 bits per heavy atom. The van der Waals surface area contributed by atoms with Crippen molar-refractivity contribution in [2.45, 2.75) is 11.8 Å². The maximum absolute atomic E-state index is 12.9. The standard InChI is InChI=1S/C24H23ClN2O4S/c1-17-14-19(18-4-2-6-21(25)15-18)8-9-23(17)26-24(28)20-5-3-7-22(16-20)32(29,30)27-10-12-31-13-11-27/h2-9,14-16H,10-13H2,1H3,(H,26,28). The number of nitrogens with zero attached hydrogens (tertiary/aromatic N) is 1. The fraction of sp³-hybridized carbons (Fsp3) is 0.208. The number of anilines is 1. The van der Waals surface area contributed by atoms with Crippen molar-refractivity contribution >= 4 is 33.2 Å². The van der Waals surface area contributed by atoms with Crippen molar-refractivity contribution in [1.29, 1.82) is 0 Å². The number of amides is 1. The predicted octanol–water partition coefficient (Wildman–Crippen LogP) is 4.59. The summed E-state index contributed by atoms with van der Waals surface area (Å²) >= 11 is 6.09. The summed E-state index contributed by atoms with van der Waals surface area (Å²) in [5.74, 6) is -0.373. The van der Waals surface area contributed by atoms with Crippen LogP contribution in [0.4, 0.5) is 5.69 Å². The first-order valence-corrected chi connectivity index (χ1v) is 12.0. The molecule has 1 heterocycles. The molecular formula is C24H23ClN2O4S. The van der Waals surface area contributed by atoms with E-state index in [1.807, 2.05) is 49.4 Å². The zero-order valence-corrected chi connectivity index (χ0v) is 19.1. The summed E-state index contributed by atoms with van der Waals surface area (Å²) in [7, 11) is -3.68. The van der Waals surface area contributed by atoms with E-state index < -0.39 is 10.0 Å². The maximum Gasteiger partial charge on any atom is 0.255 e. The van der Waals surface area contributed by atoms with E-state index in [1.54, 1.807) is 12.1 Å². The molecule has 166 valence electrons. The predicted molar refractivity (Wildman–Crippen MR) is 126 cm³/mol. The quantitative estimate of drug-likeness (QED) is 0.591. The number of hydrogen-bond donors (Lipinski definition) is 1. The van der Waals surface area contributed by atoms with Crippen LogP contribution in [0.3, 0.4) is 0 Å². The van der Waals surface area contributed by atoms with Crippen LogP contribution in [0.15, 0.2) is 71.6 Å². The Morgan fingerprint density at radius 2 is 1.69 bits per heavy atom. The third kappa shape index (κ3) is 4.86. The average molecular weight is 471 g/mol. The second-order valence-corrected chi connectivity index (χ2v) is 9.91. The van der Waals surface area contributed by atoms with Gasteiger partial charge in [0.1, 0.15) is 0 Å². The molecule has 0 atom stereocenters. The van der Waals surface area contributed by atoms with Gasteiger partial charge in [0, 0.05) is 29.4 Å². The van der Waals surface area contributed by atoms with Crippen molar-refractivity contribution < 1.29 is 17.9 Å². The largest absolute Gasteiger partial charge is 0.379 e. The van der Waals surface area contributed by atoms with Crippen LogP contribution in [0.2, 0.25) is 5.02 Å². The van der Waals surface area contributed by atoms with Gasteiger partial charge in [-0.15, -0.1) is 0 Å². The molecule has 32 heavy (non-hydrogen) atoms. The van der Waals surface area contributed by atoms with Gasteiger partial charge in [-0.25, -0.2) is 8.42 Å². The van der Waals surface area contributed by atoms with Crippen molar-refractivity contribution in [1.82, 2.24) is 4.31 Å². The Kier molecular flexibility index (Phi) is 6.62. The third-order valence-electron chi connectivity index (χ3n) is 5.34. The minimum atomic E-state index is -3.68. The number of carbonyl (C=O) groups excluding carboxylic acids is 1. The Balaban J connectivity index is 1.54. The second-order valence-electron chi connectivity index (χ2n) is 7.54. The van der Waals surface area contributed by atoms with Crippen LogP contribution in [0.25, 0.3) is 11.1 Å². The zero-order valence-electron chi connectivity index (χ0n) is 17.5. The van der Waals surface area contributed by atoms with Crippen LogP contribution in [0.5, 0.6) is 0 Å². The molecule has 8 heteroatoms. The molecule has 1 saturated heterocycles. The lowest BCUT2D eigenvalue weighted by atomic mass is 10.0. The normalized spacial score (nSPS) is 14.8. The van der Waals surface area contributed by atoms with Gasteiger partial charge in [0.25, 0.3) is 5.91 Å². The summed E-state index contributed by atoms with van der Waals surface area (Å²) < 4.78 is 32.4. The molecule has 1 aliphatic heterocycles. The van der Waals surface area contributed by atoms with Crippen molar-refractivity contribution in [2.75, 3.05) is 31.6 Å². The monoisotopic (exact) mass is 470 g/mol. The summed E-state index contributed by atoms with van der Waals surface area (Å²) in [6.45, 7) is 3.24. The van der Waals surface area contributed by atoms with Crippen molar-refractivity contribution in [2.24, 2.45) is 0 Å². The number of aryl methyl sites for hydroxylation is 1. The van der Waals surface area contributed by atoms with E-state index in [1.165, 1.54) is 16.4 Å². The first-order chi connectivity index (χ1) is 15.3. The van der Waals surface area contributed by atoms with Crippen LogP contribution < -0.4 is 5.32 Å². The zero-order chi connectivity index (χ0) is 22.7. The Labute approximate surface area is 192 Å². The Bertz CT molecular complexity index is 1250. The SMILES string of the molecule is Cc1cc(-c2cccc(Cl)c2)ccc1NC(=O)c1cccc(S(=O)(=O)N2CCOCC2)c1. The summed E-state index contributed by atoms with van der Waals surface area (Å²) in [5, 5.41) is 3.54. The van der Waals surface area contributed by atoms with Crippen LogP contribution in [0.1, 0.15) is 15.9 Å². The topological polar surface area (TPSA) is 75.7 Å². The van der Waals surface area contributed by atoms with E-state index in [0.717, 1.165) is 16.7 Å². The van der Waals surface area contributed by atoms with Crippen LogP contribution in [-0.4, -0.2) is 44.9 Å². The molecule has 1 N–H and O–H groups in total. The van der Waals surface area contributed by atoms with Gasteiger partial charge in [-0.1, -0.05) is 35.9 Å². The molecule has 0 saturated carbocycles. The molecule has 3 aromatic carbocycles. The number of benzene rings is 3. The van der Waals surface area contributed by atoms with Crippen molar-refractivity contribution in [3.05, 3.63) is 82.9 Å². The van der Waals surface area contributed by atoms with Crippen LogP contribution >= 0.6 is 11.6 Å². The summed E-state index contributed by atoms with van der Waals surface area (Å²) in [6, 6.07) is 19.4. The van der Waals surface area contributed by atoms with E-state index >= 15 is 0 Å². The van der Waals surface area contributed by atoms with Crippen molar-refractivity contribution in [3.63, 3.8) is 0 Å². The second kappa shape index (κ2) is 9.42. The molecule has 0 aromatic heterocycles. The van der Waals surface area contributed by atoms with Gasteiger partial charge in [0.15, 0.2) is 0 Å². The molecule has 0 unspecified atom stereocenters. The number of rotatable bonds is 5. The van der Waals surface area contributed by atoms with Gasteiger partial charge in [0.2, 0.25) is 10.0 Å². The summed E-state index contributed by atoms with van der Waals surface area (Å²) in [4.78, 5) is 13.0. The molecule has 0 radical (unpaired) electrons. The van der Waals surface area contributed by atoms with Gasteiger partial charge in [-0.3, -0.25) is 4.79 Å². The Hall–Kier alpha value is -2.71. The lowest BCUT2D eigenvalue weighted by Gasteiger charge is -2.26. The molecule has 1 fully saturated rings. The molecule has 3 aromatic rings. The number of morpholine rings is 1. The average Bonchev–Trinajstić information content (AvgIpc) is 2.81. The molecule has 4 rings (SSSR count). The fourth-order valence-electron chi connectivity index (χ4n) is 3.58. The summed E-state index contributed by atoms with van der Waals surface area (Å²) in [5.41, 5.74) is 3.79. The highest BCUT2D eigenvalue weighted by Crippen LogP contribution is 2.27. The van der Waals surface area contributed by atoms with Gasteiger partial charge in [-0.05, 0) is 66.1 Å². The highest BCUT2D eigenvalue weighted by molar-refractivity contribution is 7.89. The number of ether oxygens (including phenoxy) is 1. The van der Waals surface area contributed by atoms with E-state index in [-0.39, 0.29) is 16.4 Å². The lowest BCUT2D eigenvalue weighted by molar-refractivity contribution is 0.0730. The number of sulfonamides is 1. The van der Waals surface area contributed by atoms with Crippen molar-refractivity contribution in [3.8, 4) is 11.1 Å². The molecule has 6 nitrogen and oxygen atoms in total. The minimum absolute atomic E-state index is 0.0973. The number of halogens is 1. The first kappa shape index (κ1) is 22.5. The Morgan fingerprint density at radius 3 is 2.41 bits per heavy atom. The van der Waals surface area contributed by atoms with Crippen LogP contribution in [-0.2, 0) is 14.8 Å². The van der Waals surface area contributed by atoms with Gasteiger partial charge in [0.05, 0.1) is 18.1 Å². The van der Waals surface area contributed by atoms with Crippen LogP contribution in [0, 0.1) is 6.92 Å². The highest BCUT2D eigenvalue weighted by Gasteiger charge is 2.27. The molecular weight excluding hydrogens is 448 g/mol. The van der Waals surface area contributed by atoms with E-state index in [4.69, 9.17) is 16.3 Å². The van der Waals surface area contributed by atoms with Gasteiger partial charge >= 0.3 is 0 Å². The maximum atomic E-state index is 12.9.